The SMILES string of the molecule is CCCC(NC(=O)C(C)CSc1ccccc1)C(=O)N1CCc2sccc2C1. The van der Waals surface area contributed by atoms with Gasteiger partial charge in [-0.1, -0.05) is 38.5 Å². The maximum Gasteiger partial charge on any atom is 0.245 e. The fourth-order valence-corrected chi connectivity index (χ4v) is 5.16. The lowest BCUT2D eigenvalue weighted by Gasteiger charge is -2.31. The zero-order chi connectivity index (χ0) is 19.9. The van der Waals surface area contributed by atoms with Crippen LogP contribution in [-0.4, -0.2) is 35.1 Å². The summed E-state index contributed by atoms with van der Waals surface area (Å²) in [6, 6.07) is 11.8. The summed E-state index contributed by atoms with van der Waals surface area (Å²) in [6.07, 6.45) is 2.45. The fourth-order valence-electron chi connectivity index (χ4n) is 3.33. The predicted octanol–water partition coefficient (Wildman–Crippen LogP) is 4.35. The predicted molar refractivity (Wildman–Crippen MR) is 117 cm³/mol. The van der Waals surface area contributed by atoms with Gasteiger partial charge in [0.1, 0.15) is 6.04 Å². The minimum Gasteiger partial charge on any atom is -0.344 e. The molecule has 1 aliphatic rings. The van der Waals surface area contributed by atoms with Crippen molar-refractivity contribution in [3.8, 4) is 0 Å². The minimum atomic E-state index is -0.429. The molecule has 1 N–H and O–H groups in total. The van der Waals surface area contributed by atoms with Gasteiger partial charge in [-0.15, -0.1) is 23.1 Å². The molecule has 150 valence electrons. The smallest absolute Gasteiger partial charge is 0.245 e. The molecule has 1 aromatic carbocycles. The molecule has 0 bridgehead atoms. The number of rotatable bonds is 8. The fraction of sp³-hybridized carbons (Fsp3) is 0.455. The molecular weight excluding hydrogens is 388 g/mol. The van der Waals surface area contributed by atoms with E-state index in [-0.39, 0.29) is 17.7 Å². The van der Waals surface area contributed by atoms with Crippen molar-refractivity contribution in [2.24, 2.45) is 5.92 Å². The number of hydrogen-bond donors (Lipinski definition) is 1. The van der Waals surface area contributed by atoms with Crippen LogP contribution >= 0.6 is 23.1 Å². The minimum absolute atomic E-state index is 0.0385. The Hall–Kier alpha value is -1.79. The number of benzene rings is 1. The van der Waals surface area contributed by atoms with Crippen LogP contribution in [0.3, 0.4) is 0 Å². The number of amides is 2. The molecule has 2 atom stereocenters. The second-order valence-electron chi connectivity index (χ2n) is 7.25. The van der Waals surface area contributed by atoms with Crippen LogP contribution < -0.4 is 5.32 Å². The van der Waals surface area contributed by atoms with E-state index in [1.165, 1.54) is 10.4 Å². The maximum atomic E-state index is 13.1. The van der Waals surface area contributed by atoms with Gasteiger partial charge >= 0.3 is 0 Å². The van der Waals surface area contributed by atoms with Crippen molar-refractivity contribution < 1.29 is 9.59 Å². The van der Waals surface area contributed by atoms with Gasteiger partial charge in [0.05, 0.1) is 0 Å². The summed E-state index contributed by atoms with van der Waals surface area (Å²) in [5.74, 6) is 0.561. The maximum absolute atomic E-state index is 13.1. The lowest BCUT2D eigenvalue weighted by atomic mass is 10.1. The molecule has 1 aliphatic heterocycles. The van der Waals surface area contributed by atoms with Gasteiger partial charge in [0.15, 0.2) is 0 Å². The molecule has 2 unspecified atom stereocenters. The van der Waals surface area contributed by atoms with E-state index in [1.807, 2.05) is 49.1 Å². The van der Waals surface area contributed by atoms with Crippen LogP contribution in [0.1, 0.15) is 37.1 Å². The number of nitrogens with one attached hydrogen (secondary N) is 1. The third-order valence-corrected chi connectivity index (χ3v) is 7.30. The standard InChI is InChI=1S/C22H28N2O2S2/c1-3-7-19(22(26)24-12-10-20-17(14-24)11-13-27-20)23-21(25)16(2)15-28-18-8-5-4-6-9-18/h4-6,8-9,11,13,16,19H,3,7,10,12,14-15H2,1-2H3,(H,23,25). The first-order valence-corrected chi connectivity index (χ1v) is 11.8. The molecule has 0 aliphatic carbocycles. The average molecular weight is 417 g/mol. The Kier molecular flexibility index (Phi) is 7.57. The zero-order valence-corrected chi connectivity index (χ0v) is 18.2. The molecule has 0 spiro atoms. The molecule has 0 fully saturated rings. The molecule has 2 amide bonds. The Morgan fingerprint density at radius 1 is 1.25 bits per heavy atom. The van der Waals surface area contributed by atoms with Crippen molar-refractivity contribution in [1.29, 1.82) is 0 Å². The molecule has 0 radical (unpaired) electrons. The van der Waals surface area contributed by atoms with Crippen molar-refractivity contribution >= 4 is 34.9 Å². The molecule has 0 saturated carbocycles. The first kappa shape index (κ1) is 20.9. The van der Waals surface area contributed by atoms with E-state index in [0.717, 1.165) is 24.3 Å². The summed E-state index contributed by atoms with van der Waals surface area (Å²) in [4.78, 5) is 30.2. The van der Waals surface area contributed by atoms with Gasteiger partial charge in [0.2, 0.25) is 11.8 Å². The van der Waals surface area contributed by atoms with E-state index in [4.69, 9.17) is 0 Å². The Bertz CT molecular complexity index is 791. The molecule has 2 aromatic rings. The second-order valence-corrected chi connectivity index (χ2v) is 9.35. The molecule has 28 heavy (non-hydrogen) atoms. The van der Waals surface area contributed by atoms with Crippen molar-refractivity contribution in [3.05, 3.63) is 52.2 Å². The summed E-state index contributed by atoms with van der Waals surface area (Å²) >= 11 is 3.44. The molecule has 0 saturated heterocycles. The summed E-state index contributed by atoms with van der Waals surface area (Å²) in [6.45, 7) is 5.38. The van der Waals surface area contributed by atoms with Crippen LogP contribution in [0.15, 0.2) is 46.7 Å². The molecule has 6 heteroatoms. The van der Waals surface area contributed by atoms with E-state index in [9.17, 15) is 9.59 Å². The summed E-state index contributed by atoms with van der Waals surface area (Å²) in [7, 11) is 0. The van der Waals surface area contributed by atoms with E-state index in [2.05, 4.69) is 16.8 Å². The van der Waals surface area contributed by atoms with Crippen molar-refractivity contribution in [1.82, 2.24) is 10.2 Å². The van der Waals surface area contributed by atoms with Gasteiger partial charge in [-0.05, 0) is 42.0 Å². The van der Waals surface area contributed by atoms with E-state index in [0.29, 0.717) is 18.7 Å². The van der Waals surface area contributed by atoms with Crippen LogP contribution in [0.2, 0.25) is 0 Å². The lowest BCUT2D eigenvalue weighted by molar-refractivity contribution is -0.138. The Morgan fingerprint density at radius 3 is 2.79 bits per heavy atom. The number of fused-ring (bicyclic) bond motifs is 1. The average Bonchev–Trinajstić information content (AvgIpc) is 3.19. The van der Waals surface area contributed by atoms with Gasteiger partial charge in [0.25, 0.3) is 0 Å². The monoisotopic (exact) mass is 416 g/mol. The van der Waals surface area contributed by atoms with Gasteiger partial charge in [-0.2, -0.15) is 0 Å². The summed E-state index contributed by atoms with van der Waals surface area (Å²) < 4.78 is 0. The van der Waals surface area contributed by atoms with Crippen LogP contribution in [-0.2, 0) is 22.6 Å². The van der Waals surface area contributed by atoms with E-state index >= 15 is 0 Å². The Morgan fingerprint density at radius 2 is 2.04 bits per heavy atom. The number of carbonyl (C=O) groups is 2. The van der Waals surface area contributed by atoms with Crippen molar-refractivity contribution in [2.45, 2.75) is 50.6 Å². The second kappa shape index (κ2) is 10.1. The zero-order valence-electron chi connectivity index (χ0n) is 16.5. The van der Waals surface area contributed by atoms with Crippen LogP contribution in [0, 0.1) is 5.92 Å². The molecular formula is C22H28N2O2S2. The molecule has 3 rings (SSSR count). The van der Waals surface area contributed by atoms with Crippen molar-refractivity contribution in [3.63, 3.8) is 0 Å². The number of thiophene rings is 1. The largest absolute Gasteiger partial charge is 0.344 e. The Labute approximate surface area is 175 Å². The van der Waals surface area contributed by atoms with E-state index in [1.54, 1.807) is 23.1 Å². The molecule has 4 nitrogen and oxygen atoms in total. The topological polar surface area (TPSA) is 49.4 Å². The van der Waals surface area contributed by atoms with Gasteiger partial charge in [-0.3, -0.25) is 9.59 Å². The summed E-state index contributed by atoms with van der Waals surface area (Å²) in [5.41, 5.74) is 1.25. The third kappa shape index (κ3) is 5.39. The van der Waals surface area contributed by atoms with Crippen LogP contribution in [0.5, 0.6) is 0 Å². The Balaban J connectivity index is 1.55. The first-order valence-electron chi connectivity index (χ1n) is 9.90. The van der Waals surface area contributed by atoms with Crippen molar-refractivity contribution in [2.75, 3.05) is 12.3 Å². The highest BCUT2D eigenvalue weighted by Crippen LogP contribution is 2.25. The highest BCUT2D eigenvalue weighted by Gasteiger charge is 2.29. The van der Waals surface area contributed by atoms with Gasteiger partial charge in [-0.25, -0.2) is 0 Å². The quantitative estimate of drug-likeness (QED) is 0.651. The van der Waals surface area contributed by atoms with Gasteiger partial charge in [0, 0.05) is 34.5 Å². The van der Waals surface area contributed by atoms with E-state index < -0.39 is 6.04 Å². The van der Waals surface area contributed by atoms with Crippen LogP contribution in [0.4, 0.5) is 0 Å². The number of nitrogens with zero attached hydrogens (tertiary/aromatic N) is 1. The first-order chi connectivity index (χ1) is 13.6. The van der Waals surface area contributed by atoms with Crippen LogP contribution in [0.25, 0.3) is 0 Å². The highest BCUT2D eigenvalue weighted by molar-refractivity contribution is 7.99. The third-order valence-electron chi connectivity index (χ3n) is 5.00. The number of hydrogen-bond acceptors (Lipinski definition) is 4. The highest BCUT2D eigenvalue weighted by atomic mass is 32.2. The van der Waals surface area contributed by atoms with Gasteiger partial charge < -0.3 is 10.2 Å². The number of carbonyl (C=O) groups excluding carboxylic acids is 2. The molecule has 2 heterocycles. The lowest BCUT2D eigenvalue weighted by Crippen LogP contribution is -2.50. The normalized spacial score (nSPS) is 15.6. The summed E-state index contributed by atoms with van der Waals surface area (Å²) in [5, 5.41) is 5.12. The molecule has 1 aromatic heterocycles. The number of thioether (sulfide) groups is 1.